The SMILES string of the molecule is C1=CNCN=C1.c1c[nH]nn1. The molecular weight excluding hydrogens is 142 g/mol. The number of nitrogens with zero attached hydrogens (tertiary/aromatic N) is 3. The lowest BCUT2D eigenvalue weighted by Crippen LogP contribution is -2.06. The Kier molecular flexibility index (Phi) is 3.50. The van der Waals surface area contributed by atoms with Crippen LogP contribution in [-0.2, 0) is 0 Å². The minimum atomic E-state index is 0.733. The Bertz CT molecular complexity index is 184. The van der Waals surface area contributed by atoms with Crippen LogP contribution in [0.25, 0.3) is 0 Å². The van der Waals surface area contributed by atoms with Gasteiger partial charge in [-0.25, -0.2) is 0 Å². The van der Waals surface area contributed by atoms with Gasteiger partial charge in [-0.15, -0.1) is 5.10 Å². The van der Waals surface area contributed by atoms with Gasteiger partial charge in [0.05, 0.1) is 6.20 Å². The first kappa shape index (κ1) is 7.46. The van der Waals surface area contributed by atoms with E-state index in [0.29, 0.717) is 0 Å². The molecular formula is C6H9N5. The molecule has 0 aliphatic carbocycles. The summed E-state index contributed by atoms with van der Waals surface area (Å²) in [7, 11) is 0. The molecule has 0 radical (unpaired) electrons. The summed E-state index contributed by atoms with van der Waals surface area (Å²) in [6.45, 7) is 0.733. The van der Waals surface area contributed by atoms with Crippen LogP contribution in [-0.4, -0.2) is 28.3 Å². The second-order valence-electron chi connectivity index (χ2n) is 1.71. The van der Waals surface area contributed by atoms with Crippen molar-refractivity contribution in [2.75, 3.05) is 6.67 Å². The third kappa shape index (κ3) is 3.85. The van der Waals surface area contributed by atoms with Gasteiger partial charge in [0.1, 0.15) is 6.67 Å². The van der Waals surface area contributed by atoms with E-state index >= 15 is 0 Å². The maximum atomic E-state index is 3.85. The van der Waals surface area contributed by atoms with Gasteiger partial charge in [0.2, 0.25) is 0 Å². The Hall–Kier alpha value is -1.65. The molecule has 0 saturated heterocycles. The van der Waals surface area contributed by atoms with Gasteiger partial charge in [0, 0.05) is 12.4 Å². The fraction of sp³-hybridized carbons (Fsp3) is 0.167. The number of aliphatic imine (C=N–C) groups is 1. The van der Waals surface area contributed by atoms with Crippen molar-refractivity contribution in [3.05, 3.63) is 24.7 Å². The Morgan fingerprint density at radius 3 is 2.55 bits per heavy atom. The first-order chi connectivity index (χ1) is 5.50. The van der Waals surface area contributed by atoms with Gasteiger partial charge >= 0.3 is 0 Å². The zero-order valence-corrected chi connectivity index (χ0v) is 5.94. The molecule has 0 saturated carbocycles. The number of hydrogen-bond acceptors (Lipinski definition) is 4. The first-order valence-corrected chi connectivity index (χ1v) is 3.19. The second-order valence-corrected chi connectivity index (χ2v) is 1.71. The smallest absolute Gasteiger partial charge is 0.107 e. The van der Waals surface area contributed by atoms with Gasteiger partial charge in [0.15, 0.2) is 0 Å². The van der Waals surface area contributed by atoms with E-state index in [1.807, 2.05) is 12.3 Å². The predicted molar refractivity (Wildman–Crippen MR) is 42.0 cm³/mol. The second kappa shape index (κ2) is 5.16. The van der Waals surface area contributed by atoms with Crippen LogP contribution in [0.4, 0.5) is 0 Å². The normalized spacial score (nSPS) is 13.1. The lowest BCUT2D eigenvalue weighted by atomic mass is 10.6. The van der Waals surface area contributed by atoms with Crippen LogP contribution in [0.5, 0.6) is 0 Å². The molecule has 0 atom stereocenters. The van der Waals surface area contributed by atoms with Crippen molar-refractivity contribution >= 4 is 6.21 Å². The molecule has 1 aliphatic rings. The number of H-pyrrole nitrogens is 1. The largest absolute Gasteiger partial charge is 0.372 e. The minimum absolute atomic E-state index is 0.733. The van der Waals surface area contributed by atoms with Gasteiger partial charge in [-0.05, 0) is 12.3 Å². The average molecular weight is 151 g/mol. The molecule has 1 aliphatic heterocycles. The van der Waals surface area contributed by atoms with E-state index in [-0.39, 0.29) is 0 Å². The molecule has 0 spiro atoms. The standard InChI is InChI=1S/C4H6N2.C2H3N3/c1-2-5-4-6-3-1;1-2-4-5-3-1/h1-3,5H,4H2;1-2H,(H,3,4,5). The van der Waals surface area contributed by atoms with Gasteiger partial charge in [-0.2, -0.15) is 0 Å². The molecule has 5 nitrogen and oxygen atoms in total. The van der Waals surface area contributed by atoms with Gasteiger partial charge in [-0.3, -0.25) is 10.1 Å². The molecule has 2 rings (SSSR count). The van der Waals surface area contributed by atoms with Crippen molar-refractivity contribution in [1.29, 1.82) is 0 Å². The molecule has 2 N–H and O–H groups in total. The van der Waals surface area contributed by atoms with E-state index in [4.69, 9.17) is 0 Å². The molecule has 0 amide bonds. The molecule has 0 aromatic carbocycles. The van der Waals surface area contributed by atoms with Crippen LogP contribution in [0.2, 0.25) is 0 Å². The molecule has 5 heteroatoms. The Labute approximate surface area is 64.2 Å². The Morgan fingerprint density at radius 2 is 2.36 bits per heavy atom. The predicted octanol–water partition coefficient (Wildman–Crippen LogP) is -0.0637. The highest BCUT2D eigenvalue weighted by Crippen LogP contribution is 1.71. The summed E-state index contributed by atoms with van der Waals surface area (Å²) >= 11 is 0. The van der Waals surface area contributed by atoms with Crippen molar-refractivity contribution in [1.82, 2.24) is 20.7 Å². The Morgan fingerprint density at radius 1 is 1.36 bits per heavy atom. The molecule has 2 heterocycles. The van der Waals surface area contributed by atoms with Crippen LogP contribution in [0.3, 0.4) is 0 Å². The van der Waals surface area contributed by atoms with Gasteiger partial charge in [0.25, 0.3) is 0 Å². The third-order valence-corrected chi connectivity index (χ3v) is 0.919. The highest BCUT2D eigenvalue weighted by atomic mass is 15.3. The van der Waals surface area contributed by atoms with Gasteiger partial charge < -0.3 is 5.32 Å². The van der Waals surface area contributed by atoms with Crippen molar-refractivity contribution < 1.29 is 0 Å². The van der Waals surface area contributed by atoms with Crippen molar-refractivity contribution in [3.8, 4) is 0 Å². The third-order valence-electron chi connectivity index (χ3n) is 0.919. The number of allylic oxidation sites excluding steroid dienone is 1. The molecule has 58 valence electrons. The van der Waals surface area contributed by atoms with Gasteiger partial charge in [-0.1, -0.05) is 5.21 Å². The molecule has 1 aromatic heterocycles. The fourth-order valence-electron chi connectivity index (χ4n) is 0.497. The van der Waals surface area contributed by atoms with E-state index in [2.05, 4.69) is 25.7 Å². The summed E-state index contributed by atoms with van der Waals surface area (Å²) in [4.78, 5) is 3.85. The van der Waals surface area contributed by atoms with Crippen LogP contribution in [0.15, 0.2) is 29.7 Å². The van der Waals surface area contributed by atoms with Crippen LogP contribution in [0.1, 0.15) is 0 Å². The van der Waals surface area contributed by atoms with Crippen LogP contribution >= 0.6 is 0 Å². The van der Waals surface area contributed by atoms with E-state index in [0.717, 1.165) is 6.67 Å². The summed E-state index contributed by atoms with van der Waals surface area (Å²) in [6.07, 6.45) is 8.74. The zero-order chi connectivity index (χ0) is 7.78. The number of hydrogen-bond donors (Lipinski definition) is 2. The fourth-order valence-corrected chi connectivity index (χ4v) is 0.497. The molecule has 0 unspecified atom stereocenters. The average Bonchev–Trinajstić information content (AvgIpc) is 2.64. The van der Waals surface area contributed by atoms with E-state index in [1.165, 1.54) is 0 Å². The summed E-state index contributed by atoms with van der Waals surface area (Å²) in [5.74, 6) is 0. The molecule has 1 aromatic rings. The van der Waals surface area contributed by atoms with E-state index in [9.17, 15) is 0 Å². The summed E-state index contributed by atoms with van der Waals surface area (Å²) < 4.78 is 0. The van der Waals surface area contributed by atoms with E-state index in [1.54, 1.807) is 18.6 Å². The van der Waals surface area contributed by atoms with Crippen molar-refractivity contribution in [2.24, 2.45) is 4.99 Å². The molecule has 0 bridgehead atoms. The number of aromatic nitrogens is 3. The molecule has 11 heavy (non-hydrogen) atoms. The summed E-state index contributed by atoms with van der Waals surface area (Å²) in [5, 5.41) is 12.2. The molecule has 0 fully saturated rings. The topological polar surface area (TPSA) is 66.0 Å². The number of nitrogens with one attached hydrogen (secondary N) is 2. The highest BCUT2D eigenvalue weighted by molar-refractivity contribution is 5.71. The lowest BCUT2D eigenvalue weighted by molar-refractivity contribution is 0.879. The quantitative estimate of drug-likeness (QED) is 0.545. The monoisotopic (exact) mass is 151 g/mol. The maximum absolute atomic E-state index is 3.85. The van der Waals surface area contributed by atoms with Crippen LogP contribution < -0.4 is 5.32 Å². The van der Waals surface area contributed by atoms with E-state index < -0.39 is 0 Å². The first-order valence-electron chi connectivity index (χ1n) is 3.19. The van der Waals surface area contributed by atoms with Crippen molar-refractivity contribution in [2.45, 2.75) is 0 Å². The number of aromatic amines is 1. The lowest BCUT2D eigenvalue weighted by Gasteiger charge is -1.94. The number of rotatable bonds is 0. The Balaban J connectivity index is 0.000000112. The summed E-state index contributed by atoms with van der Waals surface area (Å²) in [6, 6.07) is 0. The van der Waals surface area contributed by atoms with Crippen LogP contribution in [0, 0.1) is 0 Å². The summed E-state index contributed by atoms with van der Waals surface area (Å²) in [5.41, 5.74) is 0. The zero-order valence-electron chi connectivity index (χ0n) is 5.94. The maximum Gasteiger partial charge on any atom is 0.107 e. The highest BCUT2D eigenvalue weighted by Gasteiger charge is 1.73. The minimum Gasteiger partial charge on any atom is -0.372 e. The van der Waals surface area contributed by atoms with Crippen molar-refractivity contribution in [3.63, 3.8) is 0 Å².